The fourth-order valence-corrected chi connectivity index (χ4v) is 3.96. The lowest BCUT2D eigenvalue weighted by molar-refractivity contribution is -0.00183. The number of nitrogen functional groups attached to an aromatic ring is 1. The van der Waals surface area contributed by atoms with Crippen LogP contribution in [0.25, 0.3) is 28.4 Å². The highest BCUT2D eigenvalue weighted by Crippen LogP contribution is 2.41. The number of alkyl halides is 2. The van der Waals surface area contributed by atoms with Crippen molar-refractivity contribution in [3.8, 4) is 17.2 Å². The molecule has 0 radical (unpaired) electrons. The first-order valence-electron chi connectivity index (χ1n) is 11.0. The number of halogens is 2. The molecule has 0 fully saturated rings. The molecule has 35 heavy (non-hydrogen) atoms. The molecule has 1 aliphatic rings. The maximum Gasteiger partial charge on any atom is 0.273 e. The Hall–Kier alpha value is -4.18. The number of benzene rings is 1. The molecule has 10 heteroatoms. The topological polar surface area (TPSA) is 113 Å². The van der Waals surface area contributed by atoms with Gasteiger partial charge in [-0.05, 0) is 49.4 Å². The number of hydrogen-bond acceptors (Lipinski definition) is 6. The van der Waals surface area contributed by atoms with Crippen LogP contribution in [0.5, 0.6) is 0 Å². The fraction of sp³-hybridized carbons (Fsp3) is 0.200. The standard InChI is InChI=1S/C15H13N7.C9H8F2.CH5N/c1-21-14(10-4-2-7-17-13(10)16)19-11-5-6-12(20-15(11)21)22-9-3-8-18-22;10-9(11)6-5-7-3-1-2-4-8(7)9;1-2/h2-9H,1H3,(H2,16,17);1-4H,5-6H2;2H2,1H3. The highest BCUT2D eigenvalue weighted by Gasteiger charge is 2.38. The highest BCUT2D eigenvalue weighted by molar-refractivity contribution is 5.80. The lowest BCUT2D eigenvalue weighted by Gasteiger charge is -2.08. The van der Waals surface area contributed by atoms with Gasteiger partial charge < -0.3 is 16.0 Å². The quantitative estimate of drug-likeness (QED) is 0.397. The molecule has 0 amide bonds. The van der Waals surface area contributed by atoms with Gasteiger partial charge in [0.25, 0.3) is 5.92 Å². The van der Waals surface area contributed by atoms with Gasteiger partial charge in [-0.25, -0.2) is 28.4 Å². The Bertz CT molecular complexity index is 1430. The number of nitrogens with two attached hydrogens (primary N) is 2. The number of nitrogens with zero attached hydrogens (tertiary/aromatic N) is 6. The molecule has 180 valence electrons. The molecule has 4 aromatic heterocycles. The highest BCUT2D eigenvalue weighted by atomic mass is 19.3. The van der Waals surface area contributed by atoms with E-state index in [4.69, 9.17) is 5.73 Å². The monoisotopic (exact) mass is 476 g/mol. The number of fused-ring (bicyclic) bond motifs is 2. The van der Waals surface area contributed by atoms with E-state index in [1.165, 1.54) is 13.1 Å². The number of aromatic nitrogens is 6. The smallest absolute Gasteiger partial charge is 0.273 e. The van der Waals surface area contributed by atoms with Crippen LogP contribution in [-0.4, -0.2) is 36.3 Å². The largest absolute Gasteiger partial charge is 0.383 e. The molecule has 1 aromatic carbocycles. The zero-order chi connectivity index (χ0) is 25.0. The van der Waals surface area contributed by atoms with Crippen molar-refractivity contribution in [1.82, 2.24) is 29.3 Å². The molecular formula is C25H26F2N8. The van der Waals surface area contributed by atoms with Crippen LogP contribution in [0.1, 0.15) is 17.5 Å². The average Bonchev–Trinajstić information content (AvgIpc) is 3.60. The Kier molecular flexibility index (Phi) is 6.83. The van der Waals surface area contributed by atoms with Gasteiger partial charge >= 0.3 is 0 Å². The van der Waals surface area contributed by atoms with E-state index < -0.39 is 5.92 Å². The average molecular weight is 477 g/mol. The molecule has 0 spiro atoms. The number of anilines is 1. The predicted molar refractivity (Wildman–Crippen MR) is 132 cm³/mol. The molecule has 0 aliphatic heterocycles. The van der Waals surface area contributed by atoms with Crippen molar-refractivity contribution < 1.29 is 8.78 Å². The van der Waals surface area contributed by atoms with E-state index in [0.717, 1.165) is 33.9 Å². The molecule has 0 saturated carbocycles. The second-order valence-corrected chi connectivity index (χ2v) is 7.76. The zero-order valence-corrected chi connectivity index (χ0v) is 19.4. The third kappa shape index (κ3) is 4.73. The minimum atomic E-state index is -2.57. The van der Waals surface area contributed by atoms with Gasteiger partial charge in [-0.2, -0.15) is 5.10 Å². The van der Waals surface area contributed by atoms with Crippen LogP contribution >= 0.6 is 0 Å². The van der Waals surface area contributed by atoms with Gasteiger partial charge in [0.2, 0.25) is 0 Å². The molecule has 8 nitrogen and oxygen atoms in total. The summed E-state index contributed by atoms with van der Waals surface area (Å²) in [4.78, 5) is 13.4. The molecule has 0 atom stereocenters. The summed E-state index contributed by atoms with van der Waals surface area (Å²) in [5.74, 6) is -0.638. The van der Waals surface area contributed by atoms with Crippen LogP contribution < -0.4 is 11.5 Å². The van der Waals surface area contributed by atoms with E-state index in [0.29, 0.717) is 12.2 Å². The molecule has 6 rings (SSSR count). The first-order valence-corrected chi connectivity index (χ1v) is 11.0. The summed E-state index contributed by atoms with van der Waals surface area (Å²) < 4.78 is 29.5. The van der Waals surface area contributed by atoms with Crippen LogP contribution in [0.15, 0.2) is 73.2 Å². The van der Waals surface area contributed by atoms with Gasteiger partial charge in [0, 0.05) is 37.6 Å². The maximum absolute atomic E-state index is 12.9. The van der Waals surface area contributed by atoms with Crippen molar-refractivity contribution in [1.29, 1.82) is 0 Å². The van der Waals surface area contributed by atoms with E-state index in [1.54, 1.807) is 35.3 Å². The normalized spacial score (nSPS) is 13.4. The van der Waals surface area contributed by atoms with Crippen molar-refractivity contribution in [2.45, 2.75) is 18.8 Å². The van der Waals surface area contributed by atoms with Crippen molar-refractivity contribution in [2.24, 2.45) is 12.8 Å². The van der Waals surface area contributed by atoms with Crippen LogP contribution in [0.4, 0.5) is 14.6 Å². The second-order valence-electron chi connectivity index (χ2n) is 7.76. The third-order valence-corrected chi connectivity index (χ3v) is 5.64. The van der Waals surface area contributed by atoms with E-state index >= 15 is 0 Å². The molecular weight excluding hydrogens is 450 g/mol. The summed E-state index contributed by atoms with van der Waals surface area (Å²) in [6, 6.07) is 16.2. The third-order valence-electron chi connectivity index (χ3n) is 5.64. The zero-order valence-electron chi connectivity index (χ0n) is 19.4. The van der Waals surface area contributed by atoms with Gasteiger partial charge in [0.15, 0.2) is 11.5 Å². The molecule has 0 bridgehead atoms. The summed E-state index contributed by atoms with van der Waals surface area (Å²) >= 11 is 0. The Balaban J connectivity index is 0.000000186. The molecule has 0 saturated heterocycles. The van der Waals surface area contributed by atoms with Crippen molar-refractivity contribution in [2.75, 3.05) is 12.8 Å². The molecule has 5 aromatic rings. The van der Waals surface area contributed by atoms with E-state index in [1.807, 2.05) is 48.1 Å². The predicted octanol–water partition coefficient (Wildman–Crippen LogP) is 4.10. The van der Waals surface area contributed by atoms with Gasteiger partial charge in [-0.15, -0.1) is 0 Å². The molecule has 1 aliphatic carbocycles. The number of rotatable bonds is 2. The second kappa shape index (κ2) is 9.98. The Morgan fingerprint density at radius 3 is 2.46 bits per heavy atom. The van der Waals surface area contributed by atoms with Crippen LogP contribution in [0, 0.1) is 0 Å². The van der Waals surface area contributed by atoms with Gasteiger partial charge in [-0.1, -0.05) is 24.3 Å². The lowest BCUT2D eigenvalue weighted by atomic mass is 10.1. The van der Waals surface area contributed by atoms with Crippen LogP contribution in [0.3, 0.4) is 0 Å². The van der Waals surface area contributed by atoms with Crippen molar-refractivity contribution in [3.05, 3.63) is 84.3 Å². The minimum Gasteiger partial charge on any atom is -0.383 e. The molecule has 4 heterocycles. The van der Waals surface area contributed by atoms with Gasteiger partial charge in [0.1, 0.15) is 17.2 Å². The van der Waals surface area contributed by atoms with E-state index in [9.17, 15) is 8.78 Å². The first-order chi connectivity index (χ1) is 16.9. The van der Waals surface area contributed by atoms with Crippen molar-refractivity contribution in [3.63, 3.8) is 0 Å². The summed E-state index contributed by atoms with van der Waals surface area (Å²) in [6.07, 6.45) is 5.73. The number of pyridine rings is 2. The van der Waals surface area contributed by atoms with Crippen LogP contribution in [0.2, 0.25) is 0 Å². The summed E-state index contributed by atoms with van der Waals surface area (Å²) in [6.45, 7) is 0. The Morgan fingerprint density at radius 2 is 1.74 bits per heavy atom. The fourth-order valence-electron chi connectivity index (χ4n) is 3.96. The number of aryl methyl sites for hydroxylation is 2. The summed E-state index contributed by atoms with van der Waals surface area (Å²) in [5, 5.41) is 4.20. The number of hydrogen-bond donors (Lipinski definition) is 2. The maximum atomic E-state index is 12.9. The van der Waals surface area contributed by atoms with Gasteiger partial charge in [-0.3, -0.25) is 0 Å². The van der Waals surface area contributed by atoms with Gasteiger partial charge in [0.05, 0.1) is 5.56 Å². The lowest BCUT2D eigenvalue weighted by Crippen LogP contribution is -2.06. The summed E-state index contributed by atoms with van der Waals surface area (Å²) in [7, 11) is 3.41. The minimum absolute atomic E-state index is 0.0215. The SMILES string of the molecule is CN.Cn1c(-c2cccnc2N)nc2ccc(-n3cccn3)nc21.FC1(F)CCc2ccccc21. The van der Waals surface area contributed by atoms with E-state index in [2.05, 4.69) is 25.8 Å². The molecule has 0 unspecified atom stereocenters. The Labute approximate surface area is 201 Å². The Morgan fingerprint density at radius 1 is 0.943 bits per heavy atom. The first kappa shape index (κ1) is 24.0. The van der Waals surface area contributed by atoms with Crippen molar-refractivity contribution >= 4 is 17.0 Å². The summed E-state index contributed by atoms with van der Waals surface area (Å²) in [5.41, 5.74) is 13.8. The molecule has 4 N–H and O–H groups in total. The number of imidazole rings is 1. The van der Waals surface area contributed by atoms with Crippen LogP contribution in [-0.2, 0) is 19.4 Å². The van der Waals surface area contributed by atoms with E-state index in [-0.39, 0.29) is 12.0 Å².